The maximum Gasteiger partial charge on any atom is 0.260 e. The van der Waals surface area contributed by atoms with Gasteiger partial charge >= 0.3 is 0 Å². The molecule has 156 valence electrons. The Morgan fingerprint density at radius 3 is 2.73 bits per heavy atom. The van der Waals surface area contributed by atoms with Crippen molar-refractivity contribution in [2.45, 2.75) is 18.9 Å². The van der Waals surface area contributed by atoms with Gasteiger partial charge in [-0.15, -0.1) is 0 Å². The Balaban J connectivity index is 1.27. The second kappa shape index (κ2) is 8.94. The molecule has 0 spiro atoms. The number of carbonyl (C=O) groups is 1. The molecule has 0 unspecified atom stereocenters. The predicted molar refractivity (Wildman–Crippen MR) is 105 cm³/mol. The van der Waals surface area contributed by atoms with Crippen LogP contribution in [0.25, 0.3) is 0 Å². The molecule has 8 heteroatoms. The summed E-state index contributed by atoms with van der Waals surface area (Å²) in [6.07, 6.45) is 0.792. The van der Waals surface area contributed by atoms with Crippen LogP contribution in [0.2, 0.25) is 0 Å². The molecule has 1 aliphatic heterocycles. The second-order valence-electron chi connectivity index (χ2n) is 7.11. The highest BCUT2D eigenvalue weighted by molar-refractivity contribution is 5.78. The average Bonchev–Trinajstić information content (AvgIpc) is 3.42. The summed E-state index contributed by atoms with van der Waals surface area (Å²) in [5, 5.41) is 7.24. The summed E-state index contributed by atoms with van der Waals surface area (Å²) in [6, 6.07) is 13.7. The number of rotatable bonds is 7. The number of para-hydroxylation sites is 1. The van der Waals surface area contributed by atoms with Crippen LogP contribution < -0.4 is 9.47 Å². The smallest absolute Gasteiger partial charge is 0.260 e. The zero-order valence-corrected chi connectivity index (χ0v) is 16.2. The van der Waals surface area contributed by atoms with Crippen molar-refractivity contribution in [1.29, 1.82) is 0 Å². The fraction of sp³-hybridized carbons (Fsp3) is 0.273. The van der Waals surface area contributed by atoms with Crippen molar-refractivity contribution in [1.82, 2.24) is 15.1 Å². The molecule has 6 nitrogen and oxygen atoms in total. The van der Waals surface area contributed by atoms with E-state index in [9.17, 15) is 13.6 Å². The van der Waals surface area contributed by atoms with Crippen molar-refractivity contribution in [3.05, 3.63) is 77.6 Å². The van der Waals surface area contributed by atoms with Crippen LogP contribution in [0.3, 0.4) is 0 Å². The van der Waals surface area contributed by atoms with Crippen molar-refractivity contribution in [2.75, 3.05) is 19.7 Å². The van der Waals surface area contributed by atoms with Crippen molar-refractivity contribution in [3.8, 4) is 11.5 Å². The summed E-state index contributed by atoms with van der Waals surface area (Å²) in [5.41, 5.74) is 1.58. The number of halogens is 2. The van der Waals surface area contributed by atoms with Crippen LogP contribution in [0.1, 0.15) is 23.7 Å². The lowest BCUT2D eigenvalue weighted by molar-refractivity contribution is -0.132. The van der Waals surface area contributed by atoms with Gasteiger partial charge in [0.2, 0.25) is 0 Å². The summed E-state index contributed by atoms with van der Waals surface area (Å²) in [7, 11) is 0. The molecule has 30 heavy (non-hydrogen) atoms. The van der Waals surface area contributed by atoms with E-state index in [-0.39, 0.29) is 36.6 Å². The van der Waals surface area contributed by atoms with E-state index >= 15 is 0 Å². The molecular weight excluding hydrogens is 392 g/mol. The number of aromatic amines is 1. The van der Waals surface area contributed by atoms with Crippen LogP contribution in [0.15, 0.2) is 54.6 Å². The van der Waals surface area contributed by atoms with E-state index in [0.29, 0.717) is 18.8 Å². The van der Waals surface area contributed by atoms with Gasteiger partial charge in [0, 0.05) is 19.0 Å². The molecule has 2 aromatic carbocycles. The average molecular weight is 413 g/mol. The second-order valence-corrected chi connectivity index (χ2v) is 7.11. The van der Waals surface area contributed by atoms with Crippen LogP contribution in [0.4, 0.5) is 8.78 Å². The SMILES string of the molecule is O=C(COc1ccc(F)cc1)N1CC[C@@H](c2cc(COc3ccccc3F)[nH]n2)C1. The molecule has 0 bridgehead atoms. The maximum absolute atomic E-state index is 13.6. The molecule has 0 aliphatic carbocycles. The molecular formula is C22H21F2N3O3. The number of hydrogen-bond donors (Lipinski definition) is 1. The molecule has 1 aliphatic rings. The molecule has 1 fully saturated rings. The predicted octanol–water partition coefficient (Wildman–Crippen LogP) is 3.66. The quantitative estimate of drug-likeness (QED) is 0.642. The Morgan fingerprint density at radius 2 is 1.93 bits per heavy atom. The molecule has 1 saturated heterocycles. The van der Waals surface area contributed by atoms with Gasteiger partial charge in [0.25, 0.3) is 5.91 Å². The number of likely N-dealkylation sites (tertiary alicyclic amines) is 1. The number of hydrogen-bond acceptors (Lipinski definition) is 4. The lowest BCUT2D eigenvalue weighted by Gasteiger charge is -2.16. The van der Waals surface area contributed by atoms with E-state index in [2.05, 4.69) is 10.2 Å². The lowest BCUT2D eigenvalue weighted by atomic mass is 10.1. The van der Waals surface area contributed by atoms with Gasteiger partial charge in [0.05, 0.1) is 11.4 Å². The molecule has 3 aromatic rings. The van der Waals surface area contributed by atoms with Gasteiger partial charge in [-0.25, -0.2) is 8.78 Å². The number of amides is 1. The van der Waals surface area contributed by atoms with Gasteiger partial charge in [0.1, 0.15) is 18.2 Å². The Kier molecular flexibility index (Phi) is 5.92. The lowest BCUT2D eigenvalue weighted by Crippen LogP contribution is -2.32. The highest BCUT2D eigenvalue weighted by atomic mass is 19.1. The van der Waals surface area contributed by atoms with E-state index in [1.54, 1.807) is 23.1 Å². The Morgan fingerprint density at radius 1 is 1.13 bits per heavy atom. The molecule has 0 saturated carbocycles. The van der Waals surface area contributed by atoms with Gasteiger partial charge in [0.15, 0.2) is 18.2 Å². The Bertz CT molecular complexity index is 1010. The molecule has 1 atom stereocenters. The number of nitrogens with one attached hydrogen (secondary N) is 1. The minimum atomic E-state index is -0.412. The minimum Gasteiger partial charge on any atom is -0.484 e. The van der Waals surface area contributed by atoms with Crippen LogP contribution in [0.5, 0.6) is 11.5 Å². The van der Waals surface area contributed by atoms with Crippen molar-refractivity contribution >= 4 is 5.91 Å². The Labute approximate surface area is 172 Å². The first kappa shape index (κ1) is 19.9. The summed E-state index contributed by atoms with van der Waals surface area (Å²) < 4.78 is 37.5. The summed E-state index contributed by atoms with van der Waals surface area (Å²) >= 11 is 0. The molecule has 1 aromatic heterocycles. The van der Waals surface area contributed by atoms with Crippen LogP contribution in [0, 0.1) is 11.6 Å². The van der Waals surface area contributed by atoms with E-state index in [4.69, 9.17) is 9.47 Å². The van der Waals surface area contributed by atoms with Crippen LogP contribution in [-0.4, -0.2) is 40.7 Å². The first-order valence-electron chi connectivity index (χ1n) is 9.66. The topological polar surface area (TPSA) is 67.4 Å². The minimum absolute atomic E-state index is 0.0966. The van der Waals surface area contributed by atoms with Crippen LogP contribution >= 0.6 is 0 Å². The van der Waals surface area contributed by atoms with Gasteiger partial charge in [-0.05, 0) is 48.9 Å². The zero-order valence-electron chi connectivity index (χ0n) is 16.2. The van der Waals surface area contributed by atoms with E-state index < -0.39 is 5.82 Å². The standard InChI is InChI=1S/C22H21F2N3O3/c23-16-5-7-18(8-6-16)29-14-22(28)27-10-9-15(12-27)20-11-17(25-26-20)13-30-21-4-2-1-3-19(21)24/h1-8,11,15H,9-10,12-14H2,(H,25,26)/t15-/m1/s1. The summed E-state index contributed by atoms with van der Waals surface area (Å²) in [5.74, 6) is -0.141. The normalized spacial score (nSPS) is 15.9. The Hall–Kier alpha value is -3.42. The number of benzene rings is 2. The maximum atomic E-state index is 13.6. The summed E-state index contributed by atoms with van der Waals surface area (Å²) in [4.78, 5) is 14.1. The fourth-order valence-corrected chi connectivity index (χ4v) is 3.38. The molecule has 0 radical (unpaired) electrons. The largest absolute Gasteiger partial charge is 0.484 e. The van der Waals surface area contributed by atoms with Gasteiger partial charge in [-0.3, -0.25) is 9.89 Å². The highest BCUT2D eigenvalue weighted by Crippen LogP contribution is 2.27. The van der Waals surface area contributed by atoms with Crippen molar-refractivity contribution < 1.29 is 23.0 Å². The number of ether oxygens (including phenoxy) is 2. The summed E-state index contributed by atoms with van der Waals surface area (Å²) in [6.45, 7) is 1.24. The van der Waals surface area contributed by atoms with Crippen molar-refractivity contribution in [2.24, 2.45) is 0 Å². The first-order chi connectivity index (χ1) is 14.6. The monoisotopic (exact) mass is 413 g/mol. The van der Waals surface area contributed by atoms with Gasteiger partial charge < -0.3 is 14.4 Å². The number of carbonyl (C=O) groups excluding carboxylic acids is 1. The first-order valence-corrected chi connectivity index (χ1v) is 9.66. The third-order valence-corrected chi connectivity index (χ3v) is 5.01. The number of nitrogens with zero attached hydrogens (tertiary/aromatic N) is 2. The van der Waals surface area contributed by atoms with E-state index in [1.807, 2.05) is 6.07 Å². The van der Waals surface area contributed by atoms with E-state index in [0.717, 1.165) is 17.8 Å². The highest BCUT2D eigenvalue weighted by Gasteiger charge is 2.29. The third-order valence-electron chi connectivity index (χ3n) is 5.01. The molecule has 2 heterocycles. The molecule has 4 rings (SSSR count). The molecule has 1 amide bonds. The zero-order chi connectivity index (χ0) is 20.9. The third kappa shape index (κ3) is 4.76. The number of aromatic nitrogens is 2. The van der Waals surface area contributed by atoms with Gasteiger partial charge in [-0.1, -0.05) is 12.1 Å². The van der Waals surface area contributed by atoms with Crippen LogP contribution in [-0.2, 0) is 11.4 Å². The van der Waals surface area contributed by atoms with Crippen molar-refractivity contribution in [3.63, 3.8) is 0 Å². The number of H-pyrrole nitrogens is 1. The fourth-order valence-electron chi connectivity index (χ4n) is 3.38. The van der Waals surface area contributed by atoms with Gasteiger partial charge in [-0.2, -0.15) is 5.10 Å². The van der Waals surface area contributed by atoms with E-state index in [1.165, 1.54) is 30.3 Å². The molecule has 1 N–H and O–H groups in total.